The van der Waals surface area contributed by atoms with Gasteiger partial charge in [-0.1, -0.05) is 18.2 Å². The van der Waals surface area contributed by atoms with Gasteiger partial charge in [0.05, 0.1) is 6.54 Å². The van der Waals surface area contributed by atoms with Crippen LogP contribution in [0.1, 0.15) is 18.4 Å². The summed E-state index contributed by atoms with van der Waals surface area (Å²) in [5.74, 6) is 0.506. The first kappa shape index (κ1) is 13.1. The molecule has 106 valence electrons. The normalized spacial score (nSPS) is 18.4. The van der Waals surface area contributed by atoms with E-state index >= 15 is 0 Å². The van der Waals surface area contributed by atoms with Gasteiger partial charge in [0.1, 0.15) is 6.54 Å². The Hall–Kier alpha value is -1.88. The lowest BCUT2D eigenvalue weighted by molar-refractivity contribution is -0.123. The van der Waals surface area contributed by atoms with Crippen LogP contribution in [0.5, 0.6) is 0 Å². The van der Waals surface area contributed by atoms with Crippen molar-refractivity contribution in [2.75, 3.05) is 24.5 Å². The summed E-state index contributed by atoms with van der Waals surface area (Å²) in [6.07, 6.45) is 2.41. The molecule has 1 aromatic rings. The molecule has 3 rings (SSSR count). The molecule has 1 aliphatic carbocycles. The van der Waals surface area contributed by atoms with Crippen molar-refractivity contribution in [3.05, 3.63) is 29.8 Å². The second-order valence-electron chi connectivity index (χ2n) is 5.46. The molecule has 1 aromatic carbocycles. The van der Waals surface area contributed by atoms with E-state index in [-0.39, 0.29) is 24.9 Å². The summed E-state index contributed by atoms with van der Waals surface area (Å²) in [4.78, 5) is 25.7. The Morgan fingerprint density at radius 1 is 1.30 bits per heavy atom. The smallest absolute Gasteiger partial charge is 0.241 e. The molecular weight excluding hydrogens is 254 g/mol. The minimum atomic E-state index is -0.0815. The molecule has 0 saturated heterocycles. The third-order valence-corrected chi connectivity index (χ3v) is 3.76. The molecule has 2 amide bonds. The molecule has 1 heterocycles. The van der Waals surface area contributed by atoms with Crippen LogP contribution < -0.4 is 15.5 Å². The van der Waals surface area contributed by atoms with Crippen molar-refractivity contribution in [2.45, 2.75) is 19.4 Å². The predicted molar refractivity (Wildman–Crippen MR) is 76.2 cm³/mol. The van der Waals surface area contributed by atoms with Gasteiger partial charge in [0.15, 0.2) is 0 Å². The van der Waals surface area contributed by atoms with Gasteiger partial charge in [-0.15, -0.1) is 0 Å². The Morgan fingerprint density at radius 3 is 2.90 bits per heavy atom. The zero-order chi connectivity index (χ0) is 13.9. The Labute approximate surface area is 118 Å². The molecule has 0 spiro atoms. The van der Waals surface area contributed by atoms with E-state index in [0.717, 1.165) is 17.8 Å². The van der Waals surface area contributed by atoms with E-state index < -0.39 is 0 Å². The zero-order valence-electron chi connectivity index (χ0n) is 11.4. The van der Waals surface area contributed by atoms with E-state index in [1.165, 1.54) is 12.8 Å². The molecule has 5 heteroatoms. The standard InChI is InChI=1S/C15H19N3O2/c19-14(17-7-11-5-6-11)10-18-13-4-2-1-3-12(13)8-16-9-15(18)20/h1-4,11,16H,5-10H2,(H,17,19). The number of hydrogen-bond donors (Lipinski definition) is 2. The van der Waals surface area contributed by atoms with Crippen molar-refractivity contribution in [3.8, 4) is 0 Å². The van der Waals surface area contributed by atoms with Gasteiger partial charge in [0, 0.05) is 18.8 Å². The molecule has 0 bridgehead atoms. The van der Waals surface area contributed by atoms with E-state index in [1.807, 2.05) is 24.3 Å². The molecule has 5 nitrogen and oxygen atoms in total. The van der Waals surface area contributed by atoms with E-state index in [0.29, 0.717) is 12.5 Å². The van der Waals surface area contributed by atoms with Crippen LogP contribution in [0.2, 0.25) is 0 Å². The van der Waals surface area contributed by atoms with Gasteiger partial charge in [-0.05, 0) is 30.4 Å². The highest BCUT2D eigenvalue weighted by atomic mass is 16.2. The second-order valence-corrected chi connectivity index (χ2v) is 5.46. The lowest BCUT2D eigenvalue weighted by atomic mass is 10.1. The number of anilines is 1. The summed E-state index contributed by atoms with van der Waals surface area (Å²) < 4.78 is 0. The average Bonchev–Trinajstić information content (AvgIpc) is 3.27. The highest BCUT2D eigenvalue weighted by Crippen LogP contribution is 2.27. The largest absolute Gasteiger partial charge is 0.354 e. The quantitative estimate of drug-likeness (QED) is 0.846. The third-order valence-electron chi connectivity index (χ3n) is 3.76. The van der Waals surface area contributed by atoms with Crippen molar-refractivity contribution in [1.82, 2.24) is 10.6 Å². The third kappa shape index (κ3) is 2.99. The monoisotopic (exact) mass is 273 g/mol. The van der Waals surface area contributed by atoms with Crippen LogP contribution in [0.4, 0.5) is 5.69 Å². The maximum atomic E-state index is 12.1. The van der Waals surface area contributed by atoms with Crippen molar-refractivity contribution in [1.29, 1.82) is 0 Å². The molecule has 0 atom stereocenters. The molecule has 2 aliphatic rings. The first-order valence-corrected chi connectivity index (χ1v) is 7.10. The minimum absolute atomic E-state index is 0.0588. The van der Waals surface area contributed by atoms with Gasteiger partial charge in [0.2, 0.25) is 11.8 Å². The van der Waals surface area contributed by atoms with Gasteiger partial charge in [-0.3, -0.25) is 9.59 Å². The van der Waals surface area contributed by atoms with Crippen LogP contribution >= 0.6 is 0 Å². The number of benzene rings is 1. The summed E-state index contributed by atoms with van der Waals surface area (Å²) >= 11 is 0. The first-order chi connectivity index (χ1) is 9.74. The molecule has 1 saturated carbocycles. The van der Waals surface area contributed by atoms with Crippen LogP contribution in [0.15, 0.2) is 24.3 Å². The Bertz CT molecular complexity index is 526. The lowest BCUT2D eigenvalue weighted by Gasteiger charge is -2.22. The van der Waals surface area contributed by atoms with Crippen LogP contribution in [0.25, 0.3) is 0 Å². The number of amides is 2. The Kier molecular flexibility index (Phi) is 3.69. The number of hydrogen-bond acceptors (Lipinski definition) is 3. The number of rotatable bonds is 4. The number of carbonyl (C=O) groups excluding carboxylic acids is 2. The summed E-state index contributed by atoms with van der Waals surface area (Å²) in [5.41, 5.74) is 1.89. The average molecular weight is 273 g/mol. The number of nitrogens with zero attached hydrogens (tertiary/aromatic N) is 1. The van der Waals surface area contributed by atoms with E-state index in [1.54, 1.807) is 4.90 Å². The summed E-state index contributed by atoms with van der Waals surface area (Å²) in [5, 5.41) is 6.00. The zero-order valence-corrected chi connectivity index (χ0v) is 11.4. The molecule has 2 N–H and O–H groups in total. The van der Waals surface area contributed by atoms with E-state index in [4.69, 9.17) is 0 Å². The van der Waals surface area contributed by atoms with Crippen LogP contribution in [0, 0.1) is 5.92 Å². The summed E-state index contributed by atoms with van der Waals surface area (Å²) in [6, 6.07) is 7.72. The molecular formula is C15H19N3O2. The van der Waals surface area contributed by atoms with E-state index in [2.05, 4.69) is 10.6 Å². The molecule has 1 aliphatic heterocycles. The first-order valence-electron chi connectivity index (χ1n) is 7.10. The van der Waals surface area contributed by atoms with Crippen LogP contribution in [0.3, 0.4) is 0 Å². The number of fused-ring (bicyclic) bond motifs is 1. The molecule has 0 unspecified atom stereocenters. The fourth-order valence-corrected chi connectivity index (χ4v) is 2.41. The molecule has 0 radical (unpaired) electrons. The van der Waals surface area contributed by atoms with Gasteiger partial charge in [0.25, 0.3) is 0 Å². The molecule has 1 fully saturated rings. The SMILES string of the molecule is O=C(CN1C(=O)CNCc2ccccc21)NCC1CC1. The van der Waals surface area contributed by atoms with Gasteiger partial charge < -0.3 is 15.5 Å². The number of nitrogens with one attached hydrogen (secondary N) is 2. The van der Waals surface area contributed by atoms with Gasteiger partial charge in [-0.25, -0.2) is 0 Å². The van der Waals surface area contributed by atoms with Crippen molar-refractivity contribution < 1.29 is 9.59 Å². The van der Waals surface area contributed by atoms with Crippen molar-refractivity contribution in [2.24, 2.45) is 5.92 Å². The topological polar surface area (TPSA) is 61.4 Å². The predicted octanol–water partition coefficient (Wildman–Crippen LogP) is 0.649. The summed E-state index contributed by atoms with van der Waals surface area (Å²) in [7, 11) is 0. The van der Waals surface area contributed by atoms with Gasteiger partial charge >= 0.3 is 0 Å². The highest BCUT2D eigenvalue weighted by Gasteiger charge is 2.25. The van der Waals surface area contributed by atoms with Gasteiger partial charge in [-0.2, -0.15) is 0 Å². The fourth-order valence-electron chi connectivity index (χ4n) is 2.41. The second kappa shape index (κ2) is 5.63. The Morgan fingerprint density at radius 2 is 2.10 bits per heavy atom. The summed E-state index contributed by atoms with van der Waals surface area (Å²) in [6.45, 7) is 1.76. The van der Waals surface area contributed by atoms with E-state index in [9.17, 15) is 9.59 Å². The highest BCUT2D eigenvalue weighted by molar-refractivity contribution is 6.00. The fraction of sp³-hybridized carbons (Fsp3) is 0.467. The minimum Gasteiger partial charge on any atom is -0.354 e. The maximum absolute atomic E-state index is 12.1. The lowest BCUT2D eigenvalue weighted by Crippen LogP contribution is -2.43. The molecule has 0 aromatic heterocycles. The Balaban J connectivity index is 1.71. The maximum Gasteiger partial charge on any atom is 0.241 e. The van der Waals surface area contributed by atoms with Crippen LogP contribution in [-0.4, -0.2) is 31.4 Å². The van der Waals surface area contributed by atoms with Crippen molar-refractivity contribution in [3.63, 3.8) is 0 Å². The molecule has 20 heavy (non-hydrogen) atoms. The van der Waals surface area contributed by atoms with Crippen LogP contribution in [-0.2, 0) is 16.1 Å². The number of carbonyl (C=O) groups is 2. The van der Waals surface area contributed by atoms with Crippen molar-refractivity contribution >= 4 is 17.5 Å². The number of para-hydroxylation sites is 1.